The van der Waals surface area contributed by atoms with Crippen molar-refractivity contribution in [3.8, 4) is 5.69 Å². The van der Waals surface area contributed by atoms with Crippen LogP contribution in [0.4, 0.5) is 5.69 Å². The Bertz CT molecular complexity index is 531. The number of aromatic nitrogens is 2. The van der Waals surface area contributed by atoms with Gasteiger partial charge in [-0.2, -0.15) is 5.10 Å². The van der Waals surface area contributed by atoms with E-state index >= 15 is 0 Å². The number of benzene rings is 1. The fourth-order valence-corrected chi connectivity index (χ4v) is 2.16. The second kappa shape index (κ2) is 4.92. The van der Waals surface area contributed by atoms with Crippen molar-refractivity contribution < 1.29 is 0 Å². The van der Waals surface area contributed by atoms with Gasteiger partial charge in [-0.1, -0.05) is 29.8 Å². The lowest BCUT2D eigenvalue weighted by atomic mass is 10.2. The van der Waals surface area contributed by atoms with Gasteiger partial charge in [-0.3, -0.25) is 0 Å². The molecule has 0 radical (unpaired) electrons. The van der Waals surface area contributed by atoms with Gasteiger partial charge in [0.15, 0.2) is 0 Å². The lowest BCUT2D eigenvalue weighted by Gasteiger charge is -2.09. The van der Waals surface area contributed by atoms with Gasteiger partial charge in [0.25, 0.3) is 0 Å². The molecule has 1 heterocycles. The zero-order valence-electron chi connectivity index (χ0n) is 10.1. The molecule has 0 saturated carbocycles. The Kier molecular flexibility index (Phi) is 3.52. The number of rotatable bonds is 3. The fraction of sp³-hybridized carbons (Fsp3) is 0.308. The van der Waals surface area contributed by atoms with Crippen molar-refractivity contribution in [3.05, 3.63) is 40.1 Å². The lowest BCUT2D eigenvalue weighted by Crippen LogP contribution is -2.05. The van der Waals surface area contributed by atoms with E-state index in [9.17, 15) is 0 Å². The first-order valence-electron chi connectivity index (χ1n) is 5.79. The molecule has 4 heteroatoms. The summed E-state index contributed by atoms with van der Waals surface area (Å²) in [6, 6.07) is 7.97. The summed E-state index contributed by atoms with van der Waals surface area (Å²) in [7, 11) is 0. The standard InChI is InChI=1S/C13H16BrN3/c1-3-10-8-11(4-2)17(16-10)13-7-9(14)5-6-12(13)15/h5-8H,3-4,15H2,1-2H3. The summed E-state index contributed by atoms with van der Waals surface area (Å²) in [5, 5.41) is 4.59. The monoisotopic (exact) mass is 293 g/mol. The highest BCUT2D eigenvalue weighted by molar-refractivity contribution is 9.10. The van der Waals surface area contributed by atoms with Gasteiger partial charge >= 0.3 is 0 Å². The van der Waals surface area contributed by atoms with Gasteiger partial charge in [-0.15, -0.1) is 0 Å². The Hall–Kier alpha value is -1.29. The quantitative estimate of drug-likeness (QED) is 0.882. The van der Waals surface area contributed by atoms with Crippen LogP contribution < -0.4 is 5.73 Å². The third-order valence-corrected chi connectivity index (χ3v) is 3.27. The summed E-state index contributed by atoms with van der Waals surface area (Å²) < 4.78 is 2.95. The number of aryl methyl sites for hydroxylation is 2. The number of nitrogens with two attached hydrogens (primary N) is 1. The highest BCUT2D eigenvalue weighted by atomic mass is 79.9. The van der Waals surface area contributed by atoms with E-state index in [1.807, 2.05) is 22.9 Å². The van der Waals surface area contributed by atoms with E-state index in [1.54, 1.807) is 0 Å². The molecule has 0 aliphatic heterocycles. The average Bonchev–Trinajstić information content (AvgIpc) is 2.75. The van der Waals surface area contributed by atoms with Crippen LogP contribution in [-0.2, 0) is 12.8 Å². The SMILES string of the molecule is CCc1cc(CC)n(-c2cc(Br)ccc2N)n1. The molecule has 17 heavy (non-hydrogen) atoms. The highest BCUT2D eigenvalue weighted by Gasteiger charge is 2.10. The van der Waals surface area contributed by atoms with Crippen LogP contribution >= 0.6 is 15.9 Å². The van der Waals surface area contributed by atoms with Crippen LogP contribution in [0.25, 0.3) is 5.69 Å². The van der Waals surface area contributed by atoms with Gasteiger partial charge in [0.2, 0.25) is 0 Å². The molecule has 0 spiro atoms. The molecule has 2 aromatic rings. The van der Waals surface area contributed by atoms with Crippen molar-refractivity contribution in [3.63, 3.8) is 0 Å². The number of halogens is 1. The van der Waals surface area contributed by atoms with Gasteiger partial charge in [-0.25, -0.2) is 4.68 Å². The molecule has 0 aliphatic rings. The minimum absolute atomic E-state index is 0.744. The summed E-state index contributed by atoms with van der Waals surface area (Å²) in [5.74, 6) is 0. The largest absolute Gasteiger partial charge is 0.397 e. The van der Waals surface area contributed by atoms with Gasteiger partial charge in [-0.05, 0) is 37.1 Å². The maximum atomic E-state index is 6.01. The zero-order chi connectivity index (χ0) is 12.4. The lowest BCUT2D eigenvalue weighted by molar-refractivity contribution is 0.795. The number of hydrogen-bond acceptors (Lipinski definition) is 2. The minimum Gasteiger partial charge on any atom is -0.397 e. The predicted molar refractivity (Wildman–Crippen MR) is 74.4 cm³/mol. The summed E-state index contributed by atoms with van der Waals surface area (Å²) in [4.78, 5) is 0. The highest BCUT2D eigenvalue weighted by Crippen LogP contribution is 2.24. The second-order valence-corrected chi connectivity index (χ2v) is 4.86. The molecule has 0 amide bonds. The molecule has 2 N–H and O–H groups in total. The summed E-state index contributed by atoms with van der Waals surface area (Å²) in [6.45, 7) is 4.23. The Morgan fingerprint density at radius 3 is 2.65 bits per heavy atom. The first-order valence-corrected chi connectivity index (χ1v) is 6.58. The van der Waals surface area contributed by atoms with E-state index in [1.165, 1.54) is 5.69 Å². The normalized spacial score (nSPS) is 10.8. The predicted octanol–water partition coefficient (Wildman–Crippen LogP) is 3.34. The van der Waals surface area contributed by atoms with E-state index in [2.05, 4.69) is 40.9 Å². The second-order valence-electron chi connectivity index (χ2n) is 3.95. The number of anilines is 1. The molecule has 90 valence electrons. The van der Waals surface area contributed by atoms with Crippen LogP contribution in [0.15, 0.2) is 28.7 Å². The van der Waals surface area contributed by atoms with E-state index in [0.717, 1.165) is 34.4 Å². The summed E-state index contributed by atoms with van der Waals surface area (Å²) in [6.07, 6.45) is 1.88. The third kappa shape index (κ3) is 2.36. The van der Waals surface area contributed by atoms with E-state index in [4.69, 9.17) is 5.73 Å². The van der Waals surface area contributed by atoms with Crippen molar-refractivity contribution in [1.82, 2.24) is 9.78 Å². The molecule has 1 aromatic heterocycles. The van der Waals surface area contributed by atoms with E-state index in [-0.39, 0.29) is 0 Å². The van der Waals surface area contributed by atoms with Crippen LogP contribution in [0.1, 0.15) is 25.2 Å². The van der Waals surface area contributed by atoms with Gasteiger partial charge in [0.1, 0.15) is 0 Å². The Balaban J connectivity index is 2.58. The Labute approximate surface area is 110 Å². The topological polar surface area (TPSA) is 43.8 Å². The number of hydrogen-bond donors (Lipinski definition) is 1. The molecule has 0 saturated heterocycles. The fourth-order valence-electron chi connectivity index (χ4n) is 1.81. The zero-order valence-corrected chi connectivity index (χ0v) is 11.7. The molecule has 3 nitrogen and oxygen atoms in total. The van der Waals surface area contributed by atoms with Crippen molar-refractivity contribution in [1.29, 1.82) is 0 Å². The maximum absolute atomic E-state index is 6.01. The average molecular weight is 294 g/mol. The molecule has 0 aliphatic carbocycles. The molecular weight excluding hydrogens is 278 g/mol. The molecular formula is C13H16BrN3. The molecule has 0 unspecified atom stereocenters. The van der Waals surface area contributed by atoms with Crippen molar-refractivity contribution in [2.75, 3.05) is 5.73 Å². The molecule has 0 bridgehead atoms. The first-order chi connectivity index (χ1) is 8.15. The smallest absolute Gasteiger partial charge is 0.0889 e. The summed E-state index contributed by atoms with van der Waals surface area (Å²) in [5.41, 5.74) is 9.98. The number of nitrogens with zero attached hydrogens (tertiary/aromatic N) is 2. The molecule has 2 rings (SSSR count). The van der Waals surface area contributed by atoms with Crippen molar-refractivity contribution in [2.45, 2.75) is 26.7 Å². The molecule has 0 fully saturated rings. The maximum Gasteiger partial charge on any atom is 0.0889 e. The van der Waals surface area contributed by atoms with Gasteiger partial charge in [0, 0.05) is 10.2 Å². The van der Waals surface area contributed by atoms with Crippen LogP contribution in [0.5, 0.6) is 0 Å². The van der Waals surface area contributed by atoms with Crippen molar-refractivity contribution >= 4 is 21.6 Å². The van der Waals surface area contributed by atoms with Crippen molar-refractivity contribution in [2.24, 2.45) is 0 Å². The third-order valence-electron chi connectivity index (χ3n) is 2.78. The summed E-state index contributed by atoms with van der Waals surface area (Å²) >= 11 is 3.47. The minimum atomic E-state index is 0.744. The van der Waals surface area contributed by atoms with Crippen LogP contribution in [-0.4, -0.2) is 9.78 Å². The van der Waals surface area contributed by atoms with Gasteiger partial charge in [0.05, 0.1) is 17.1 Å². The van der Waals surface area contributed by atoms with E-state index in [0.29, 0.717) is 0 Å². The Morgan fingerprint density at radius 2 is 2.00 bits per heavy atom. The van der Waals surface area contributed by atoms with Gasteiger partial charge < -0.3 is 5.73 Å². The van der Waals surface area contributed by atoms with E-state index < -0.39 is 0 Å². The molecule has 1 aromatic carbocycles. The van der Waals surface area contributed by atoms with Crippen LogP contribution in [0.2, 0.25) is 0 Å². The number of nitrogen functional groups attached to an aromatic ring is 1. The van der Waals surface area contributed by atoms with Crippen LogP contribution in [0.3, 0.4) is 0 Å². The van der Waals surface area contributed by atoms with Crippen LogP contribution in [0, 0.1) is 0 Å². The first kappa shape index (κ1) is 12.2. The molecule has 0 atom stereocenters. The Morgan fingerprint density at radius 1 is 1.24 bits per heavy atom.